The van der Waals surface area contributed by atoms with Crippen LogP contribution in [0, 0.1) is 7.40 Å². The van der Waals surface area contributed by atoms with Crippen molar-refractivity contribution in [3.63, 3.8) is 0 Å². The fourth-order valence-electron chi connectivity index (χ4n) is 9.61. The van der Waals surface area contributed by atoms with Gasteiger partial charge in [0, 0.05) is 91.7 Å². The van der Waals surface area contributed by atoms with Gasteiger partial charge in [0.05, 0.1) is 33.2 Å². The second-order valence-corrected chi connectivity index (χ2v) is 27.7. The first-order valence-corrected chi connectivity index (χ1v) is 34.8. The van der Waals surface area contributed by atoms with E-state index in [1.807, 2.05) is 160 Å². The molecule has 0 spiro atoms. The van der Waals surface area contributed by atoms with Crippen molar-refractivity contribution in [1.29, 1.82) is 0 Å². The van der Waals surface area contributed by atoms with E-state index in [0.29, 0.717) is 101 Å². The van der Waals surface area contributed by atoms with Crippen molar-refractivity contribution in [3.05, 3.63) is 194 Å². The number of benzene rings is 5. The third-order valence-electron chi connectivity index (χ3n) is 14.8. The fraction of sp³-hybridized carbons (Fsp3) is 0.225. The van der Waals surface area contributed by atoms with Crippen LogP contribution in [0.1, 0.15) is 20.8 Å². The predicted molar refractivity (Wildman–Crippen MR) is 429 cm³/mol. The van der Waals surface area contributed by atoms with Crippen LogP contribution in [0.25, 0.3) is 61.4 Å². The average molecular weight is 1670 g/mol. The number of nitrogens with two attached hydrogens (primary N) is 2. The number of carbonyl (C=O) groups is 4. The lowest BCUT2D eigenvalue weighted by molar-refractivity contribution is -0.114. The van der Waals surface area contributed by atoms with Crippen molar-refractivity contribution in [2.75, 3.05) is 115 Å². The maximum atomic E-state index is 12.6. The Bertz CT molecular complexity index is 4930. The van der Waals surface area contributed by atoms with Gasteiger partial charge in [-0.05, 0) is 193 Å². The monoisotopic (exact) mass is 1670 g/mol. The first-order valence-electron chi connectivity index (χ1n) is 31.9. The number of aromatic nitrogens is 12. The van der Waals surface area contributed by atoms with E-state index < -0.39 is 18.8 Å². The summed E-state index contributed by atoms with van der Waals surface area (Å²) in [5, 5.41) is 37.1. The minimum absolute atomic E-state index is 0.0968. The molecule has 540 valence electrons. The molecule has 0 fully saturated rings. The van der Waals surface area contributed by atoms with Gasteiger partial charge in [0.2, 0.25) is 17.7 Å². The number of halogens is 4. The topological polar surface area (TPSA) is 332 Å². The smallest absolute Gasteiger partial charge is 0.444 e. The third-order valence-corrected chi connectivity index (χ3v) is 16.9. The standard InChI is InChI=1S/C24H24ClN7O.C23H28IN7O3.C18H20IN7O.C6H6BClO2/c1-30(2)13-5-8-20(33)31(3)18-6-4-7-19(14-18)32-24-21(23(26)27-15-28-24)22(29-32)16-9-11-17(25)12-10-16;1-23(2,3)34-22(33)27-20-18-19(24)28-31(21(18)26-14-25-20)16-10-7-9-15(13-16)30(6)17(32)11-8-12-29(4)5;1-24(2)9-5-8-14(27)25(3)12-6-4-7-13(10-12)26-18-15(16(19)23-26)17(20)21-11-22-18;8-6-3-1-5(2-4-6)7(9)10/h4-12,14-15H,13H2,1-3H3,(H2,26,27,28);7-11,13-14H,12H2,1-6H3,(H,25,26,27,33);4-8,10-11H,9H2,1-3H3,(H2,20,21,22);1-4,9-10H/b8-5+;11-8+;8-5+;. The van der Waals surface area contributed by atoms with E-state index in [9.17, 15) is 19.2 Å². The first kappa shape index (κ1) is 79.9. The molecule has 0 unspecified atom stereocenters. The second kappa shape index (κ2) is 36.5. The molecule has 0 aliphatic carbocycles. The lowest BCUT2D eigenvalue weighted by Gasteiger charge is -2.19. The lowest BCUT2D eigenvalue weighted by Crippen LogP contribution is -2.29. The summed E-state index contributed by atoms with van der Waals surface area (Å²) in [6.45, 7) is 7.44. The number of hydrogen-bond donors (Lipinski definition) is 5. The summed E-state index contributed by atoms with van der Waals surface area (Å²) in [5.41, 5.74) is 19.6. The maximum Gasteiger partial charge on any atom is 0.488 e. The van der Waals surface area contributed by atoms with Crippen LogP contribution in [0.5, 0.6) is 0 Å². The molecule has 7 N–H and O–H groups in total. The van der Waals surface area contributed by atoms with Gasteiger partial charge < -0.3 is 55.7 Å². The van der Waals surface area contributed by atoms with Gasteiger partial charge in [0.15, 0.2) is 22.8 Å². The van der Waals surface area contributed by atoms with E-state index in [-0.39, 0.29) is 17.7 Å². The van der Waals surface area contributed by atoms with E-state index in [1.165, 1.54) is 19.0 Å². The van der Waals surface area contributed by atoms with Crippen LogP contribution in [0.2, 0.25) is 10.0 Å². The predicted octanol–water partition coefficient (Wildman–Crippen LogP) is 9.75. The summed E-state index contributed by atoms with van der Waals surface area (Å²) in [5.74, 6) is 0.693. The SMILES string of the molecule is CN(C)C/C=C/C(=O)N(C)c1cccc(-n2nc(-c3ccc(Cl)cc3)c3c(N)ncnc32)c1.CN(C)C/C=C/C(=O)N(C)c1cccc(-n2nc(I)c3c(N)ncnc32)c1.CN(C)C/C=C/C(=O)N(C)c1cccc(-n2nc(I)c3c(NC(=O)OC(C)(C)C)ncnc32)c1.OB(O)c1ccc(Cl)cc1. The molecule has 0 bridgehead atoms. The Morgan fingerprint density at radius 3 is 1.29 bits per heavy atom. The molecule has 104 heavy (non-hydrogen) atoms. The Kier molecular flexibility index (Phi) is 28.1. The average Bonchev–Trinajstić information content (AvgIpc) is 1.63. The summed E-state index contributed by atoms with van der Waals surface area (Å²) in [6.07, 6.45) is 13.8. The molecule has 28 nitrogen and oxygen atoms in total. The molecule has 0 aliphatic rings. The molecule has 0 saturated heterocycles. The van der Waals surface area contributed by atoms with Gasteiger partial charge in [-0.3, -0.25) is 19.7 Å². The highest BCUT2D eigenvalue weighted by atomic mass is 127. The van der Waals surface area contributed by atoms with Gasteiger partial charge in [0.1, 0.15) is 49.3 Å². The Hall–Kier alpha value is -9.85. The number of rotatable bonds is 18. The molecule has 0 saturated carbocycles. The Balaban J connectivity index is 0.000000186. The van der Waals surface area contributed by atoms with Crippen molar-refractivity contribution in [2.24, 2.45) is 0 Å². The van der Waals surface area contributed by atoms with Gasteiger partial charge in [0.25, 0.3) is 0 Å². The summed E-state index contributed by atoms with van der Waals surface area (Å²) in [4.78, 5) is 86.1. The maximum absolute atomic E-state index is 12.6. The van der Waals surface area contributed by atoms with Crippen LogP contribution in [-0.4, -0.2) is 204 Å². The minimum atomic E-state index is -1.41. The number of nitrogens with zero attached hydrogens (tertiary/aromatic N) is 18. The Morgan fingerprint density at radius 1 is 0.519 bits per heavy atom. The van der Waals surface area contributed by atoms with Crippen LogP contribution in [0.3, 0.4) is 0 Å². The molecule has 0 atom stereocenters. The summed E-state index contributed by atoms with van der Waals surface area (Å²) >= 11 is 15.8. The molecular formula is C71H78BCl2I2N21O7. The Morgan fingerprint density at radius 2 is 0.885 bits per heavy atom. The number of likely N-dealkylation sites (N-methyl/N-ethyl adjacent to an activating group) is 6. The number of nitrogen functional groups attached to an aromatic ring is 2. The van der Waals surface area contributed by atoms with Crippen LogP contribution >= 0.6 is 68.4 Å². The molecule has 6 heterocycles. The highest BCUT2D eigenvalue weighted by Crippen LogP contribution is 2.34. The summed E-state index contributed by atoms with van der Waals surface area (Å²) in [7, 11) is 15.5. The van der Waals surface area contributed by atoms with Crippen molar-refractivity contribution < 1.29 is 34.0 Å². The minimum Gasteiger partial charge on any atom is -0.444 e. The van der Waals surface area contributed by atoms with E-state index in [1.54, 1.807) is 125 Å². The van der Waals surface area contributed by atoms with Crippen molar-refractivity contribution in [1.82, 2.24) is 73.9 Å². The zero-order valence-electron chi connectivity index (χ0n) is 59.1. The van der Waals surface area contributed by atoms with E-state index >= 15 is 0 Å². The molecule has 6 aromatic heterocycles. The van der Waals surface area contributed by atoms with E-state index in [2.05, 4.69) is 90.6 Å². The number of ether oxygens (including phenoxy) is 1. The summed E-state index contributed by atoms with van der Waals surface area (Å²) in [6, 6.07) is 36.2. The molecule has 11 aromatic rings. The number of amides is 4. The number of fused-ring (bicyclic) bond motifs is 3. The fourth-order valence-corrected chi connectivity index (χ4v) is 11.3. The zero-order valence-corrected chi connectivity index (χ0v) is 64.9. The lowest BCUT2D eigenvalue weighted by atomic mass is 9.81. The molecule has 33 heteroatoms. The van der Waals surface area contributed by atoms with Gasteiger partial charge in [-0.25, -0.2) is 48.7 Å². The number of anilines is 6. The highest BCUT2D eigenvalue weighted by molar-refractivity contribution is 14.1. The Labute approximate surface area is 639 Å². The van der Waals surface area contributed by atoms with E-state index in [4.69, 9.17) is 54.6 Å². The number of hydrogen-bond acceptors (Lipinski definition) is 21. The molecule has 0 radical (unpaired) electrons. The van der Waals surface area contributed by atoms with Gasteiger partial charge in [-0.15, -0.1) is 0 Å². The van der Waals surface area contributed by atoms with Crippen LogP contribution < -0.4 is 36.9 Å². The van der Waals surface area contributed by atoms with E-state index in [0.717, 1.165) is 37.4 Å². The molecule has 5 aromatic carbocycles. The summed E-state index contributed by atoms with van der Waals surface area (Å²) < 4.78 is 11.7. The first-order chi connectivity index (χ1) is 49.4. The quantitative estimate of drug-likeness (QED) is 0.0303. The third kappa shape index (κ3) is 21.4. The van der Waals surface area contributed by atoms with Crippen LogP contribution in [0.4, 0.5) is 39.3 Å². The van der Waals surface area contributed by atoms with Crippen molar-refractivity contribution in [3.8, 4) is 28.3 Å². The zero-order chi connectivity index (χ0) is 75.7. The van der Waals surface area contributed by atoms with Gasteiger partial charge in [-0.1, -0.05) is 83.9 Å². The normalized spacial score (nSPS) is 11.5. The largest absolute Gasteiger partial charge is 0.488 e. The van der Waals surface area contributed by atoms with Crippen molar-refractivity contribution in [2.45, 2.75) is 26.4 Å². The molecular weight excluding hydrogens is 1590 g/mol. The second-order valence-electron chi connectivity index (χ2n) is 24.8. The van der Waals surface area contributed by atoms with Crippen molar-refractivity contribution >= 4 is 172 Å². The van der Waals surface area contributed by atoms with Gasteiger partial charge in [-0.2, -0.15) is 15.3 Å². The number of carbonyl (C=O) groups excluding carboxylic acids is 4. The highest BCUT2D eigenvalue weighted by Gasteiger charge is 2.24. The van der Waals surface area contributed by atoms with Gasteiger partial charge >= 0.3 is 13.2 Å². The molecule has 11 rings (SSSR count). The van der Waals surface area contributed by atoms with Crippen LogP contribution in [0.15, 0.2) is 177 Å². The number of nitrogens with one attached hydrogen (secondary N) is 1. The molecule has 4 amide bonds. The van der Waals surface area contributed by atoms with Crippen LogP contribution in [-0.2, 0) is 19.1 Å². The molecule has 0 aliphatic heterocycles.